The first-order valence-corrected chi connectivity index (χ1v) is 10.5. The zero-order chi connectivity index (χ0) is 23.0. The molecule has 5 nitrogen and oxygen atoms in total. The number of anilines is 2. The average Bonchev–Trinajstić information content (AvgIpc) is 3.07. The van der Waals surface area contributed by atoms with Crippen molar-refractivity contribution in [3.63, 3.8) is 0 Å². The van der Waals surface area contributed by atoms with Gasteiger partial charge in [-0.25, -0.2) is 0 Å². The van der Waals surface area contributed by atoms with Crippen molar-refractivity contribution < 1.29 is 4.79 Å². The molecule has 1 heterocycles. The SMILES string of the molecule is C=C(CC(C)CC=O)Nc1ccc(C#N)c(Cl)c1.CNc1cc2ccn(C)c2cc1Cl. The Morgan fingerprint density at radius 2 is 2.00 bits per heavy atom. The molecule has 0 saturated carbocycles. The summed E-state index contributed by atoms with van der Waals surface area (Å²) in [7, 11) is 3.88. The highest BCUT2D eigenvalue weighted by atomic mass is 35.5. The van der Waals surface area contributed by atoms with Crippen LogP contribution in [0.2, 0.25) is 10.0 Å². The highest BCUT2D eigenvalue weighted by molar-refractivity contribution is 6.34. The second-order valence-corrected chi connectivity index (χ2v) is 8.13. The number of carbonyl (C=O) groups excluding carboxylic acids is 1. The number of hydrogen-bond donors (Lipinski definition) is 2. The number of aryl methyl sites for hydroxylation is 1. The van der Waals surface area contributed by atoms with Gasteiger partial charge in [-0.1, -0.05) is 36.7 Å². The van der Waals surface area contributed by atoms with Gasteiger partial charge in [-0.2, -0.15) is 5.26 Å². The number of halogens is 2. The number of allylic oxidation sites excluding steroid dienone is 1. The molecule has 3 aromatic rings. The molecule has 31 heavy (non-hydrogen) atoms. The third-order valence-electron chi connectivity index (χ3n) is 4.75. The minimum atomic E-state index is 0.261. The molecular weight excluding hydrogens is 431 g/mol. The van der Waals surface area contributed by atoms with Crippen LogP contribution in [0.25, 0.3) is 10.9 Å². The number of rotatable bonds is 7. The Labute approximate surface area is 193 Å². The summed E-state index contributed by atoms with van der Waals surface area (Å²) in [5.41, 5.74) is 4.19. The Hall–Kier alpha value is -2.94. The van der Waals surface area contributed by atoms with Gasteiger partial charge >= 0.3 is 0 Å². The summed E-state index contributed by atoms with van der Waals surface area (Å²) in [6.07, 6.45) is 4.18. The van der Waals surface area contributed by atoms with Gasteiger partial charge in [0.2, 0.25) is 0 Å². The number of benzene rings is 2. The first kappa shape index (κ1) is 24.3. The van der Waals surface area contributed by atoms with Crippen LogP contribution in [-0.4, -0.2) is 17.9 Å². The number of nitriles is 1. The highest BCUT2D eigenvalue weighted by Gasteiger charge is 2.06. The largest absolute Gasteiger partial charge is 0.387 e. The fourth-order valence-electron chi connectivity index (χ4n) is 3.09. The van der Waals surface area contributed by atoms with Gasteiger partial charge in [0.25, 0.3) is 0 Å². The lowest BCUT2D eigenvalue weighted by molar-refractivity contribution is -0.108. The van der Waals surface area contributed by atoms with Crippen molar-refractivity contribution in [2.75, 3.05) is 17.7 Å². The molecule has 1 aromatic heterocycles. The van der Waals surface area contributed by atoms with Crippen molar-refractivity contribution >= 4 is 51.8 Å². The maximum Gasteiger partial charge on any atom is 0.120 e. The standard InChI is InChI=1S/C14H15ClN2O.C10H11ClN2/c1-10(5-6-18)7-11(2)17-13-4-3-12(9-16)14(15)8-13;1-12-9-5-7-3-4-13(2)10(7)6-8(9)11/h3-4,6,8,10,17H,2,5,7H2,1H3;3-6,12H,1-2H3. The molecule has 0 amide bonds. The number of aromatic nitrogens is 1. The smallest absolute Gasteiger partial charge is 0.120 e. The van der Waals surface area contributed by atoms with Gasteiger partial charge in [0.1, 0.15) is 12.4 Å². The first-order valence-electron chi connectivity index (χ1n) is 9.79. The summed E-state index contributed by atoms with van der Waals surface area (Å²) in [6, 6.07) is 13.2. The van der Waals surface area contributed by atoms with Crippen molar-refractivity contribution in [3.05, 3.63) is 70.5 Å². The molecule has 0 aliphatic rings. The highest BCUT2D eigenvalue weighted by Crippen LogP contribution is 2.28. The summed E-state index contributed by atoms with van der Waals surface area (Å²) < 4.78 is 2.06. The molecule has 7 heteroatoms. The van der Waals surface area contributed by atoms with Crippen LogP contribution in [0.1, 0.15) is 25.3 Å². The number of carbonyl (C=O) groups is 1. The molecule has 2 N–H and O–H groups in total. The third kappa shape index (κ3) is 6.78. The monoisotopic (exact) mass is 456 g/mol. The second-order valence-electron chi connectivity index (χ2n) is 7.31. The van der Waals surface area contributed by atoms with Crippen LogP contribution in [0, 0.1) is 17.2 Å². The third-order valence-corrected chi connectivity index (χ3v) is 5.37. The maximum atomic E-state index is 10.4. The summed E-state index contributed by atoms with van der Waals surface area (Å²) in [5.74, 6) is 0.261. The average molecular weight is 457 g/mol. The van der Waals surface area contributed by atoms with E-state index >= 15 is 0 Å². The van der Waals surface area contributed by atoms with Gasteiger partial charge in [0.15, 0.2) is 0 Å². The number of fused-ring (bicyclic) bond motifs is 1. The maximum absolute atomic E-state index is 10.4. The van der Waals surface area contributed by atoms with E-state index in [2.05, 4.69) is 33.9 Å². The summed E-state index contributed by atoms with van der Waals surface area (Å²) in [4.78, 5) is 10.4. The van der Waals surface area contributed by atoms with E-state index in [9.17, 15) is 4.79 Å². The molecule has 0 bridgehead atoms. The van der Waals surface area contributed by atoms with E-state index in [4.69, 9.17) is 28.5 Å². The van der Waals surface area contributed by atoms with Crippen LogP contribution in [0.3, 0.4) is 0 Å². The van der Waals surface area contributed by atoms with Crippen LogP contribution < -0.4 is 10.6 Å². The normalized spacial score (nSPS) is 11.1. The fraction of sp³-hybridized carbons (Fsp3) is 0.250. The minimum absolute atomic E-state index is 0.261. The van der Waals surface area contributed by atoms with Gasteiger partial charge in [-0.15, -0.1) is 0 Å². The van der Waals surface area contributed by atoms with Gasteiger partial charge in [0.05, 0.1) is 21.3 Å². The molecule has 0 aliphatic carbocycles. The van der Waals surface area contributed by atoms with Crippen LogP contribution >= 0.6 is 23.2 Å². The summed E-state index contributed by atoms with van der Waals surface area (Å²) >= 11 is 12.0. The van der Waals surface area contributed by atoms with E-state index in [-0.39, 0.29) is 5.92 Å². The Balaban J connectivity index is 0.000000231. The zero-order valence-electron chi connectivity index (χ0n) is 17.9. The van der Waals surface area contributed by atoms with E-state index in [1.807, 2.05) is 39.4 Å². The van der Waals surface area contributed by atoms with Gasteiger partial charge in [0, 0.05) is 49.0 Å². The van der Waals surface area contributed by atoms with Crippen molar-refractivity contribution in [3.8, 4) is 6.07 Å². The van der Waals surface area contributed by atoms with E-state index in [1.54, 1.807) is 18.2 Å². The summed E-state index contributed by atoms with van der Waals surface area (Å²) in [6.45, 7) is 5.90. The predicted molar refractivity (Wildman–Crippen MR) is 131 cm³/mol. The Morgan fingerprint density at radius 3 is 2.61 bits per heavy atom. The van der Waals surface area contributed by atoms with Crippen LogP contribution in [-0.2, 0) is 11.8 Å². The van der Waals surface area contributed by atoms with Crippen molar-refractivity contribution in [1.82, 2.24) is 4.57 Å². The topological polar surface area (TPSA) is 69.8 Å². The van der Waals surface area contributed by atoms with E-state index in [0.29, 0.717) is 17.0 Å². The zero-order valence-corrected chi connectivity index (χ0v) is 19.4. The predicted octanol–water partition coefficient (Wildman–Crippen LogP) is 6.63. The molecule has 162 valence electrons. The van der Waals surface area contributed by atoms with Crippen LogP contribution in [0.5, 0.6) is 0 Å². The Morgan fingerprint density at radius 1 is 1.26 bits per heavy atom. The number of hydrogen-bond acceptors (Lipinski definition) is 4. The Kier molecular flexibility index (Phi) is 8.99. The summed E-state index contributed by atoms with van der Waals surface area (Å²) in [5, 5.41) is 17.3. The number of aldehydes is 1. The Bertz CT molecular complexity index is 1110. The number of nitrogens with zero attached hydrogens (tertiary/aromatic N) is 2. The second kappa shape index (κ2) is 11.5. The fourth-order valence-corrected chi connectivity index (χ4v) is 3.56. The molecule has 0 spiro atoms. The molecule has 2 aromatic carbocycles. The van der Waals surface area contributed by atoms with Crippen molar-refractivity contribution in [1.29, 1.82) is 5.26 Å². The van der Waals surface area contributed by atoms with Gasteiger partial charge in [-0.05, 0) is 48.7 Å². The first-order chi connectivity index (χ1) is 14.8. The molecular formula is C24H26Cl2N4O. The van der Waals surface area contributed by atoms with E-state index < -0.39 is 0 Å². The van der Waals surface area contributed by atoms with E-state index in [0.717, 1.165) is 40.3 Å². The van der Waals surface area contributed by atoms with E-state index in [1.165, 1.54) is 5.39 Å². The molecule has 0 fully saturated rings. The lowest BCUT2D eigenvalue weighted by Gasteiger charge is -2.13. The molecule has 1 unspecified atom stereocenters. The van der Waals surface area contributed by atoms with Crippen LogP contribution in [0.15, 0.2) is 54.9 Å². The molecule has 1 atom stereocenters. The van der Waals surface area contributed by atoms with Crippen molar-refractivity contribution in [2.24, 2.45) is 13.0 Å². The van der Waals surface area contributed by atoms with Crippen LogP contribution in [0.4, 0.5) is 11.4 Å². The quantitative estimate of drug-likeness (QED) is 0.391. The molecule has 0 aliphatic heterocycles. The minimum Gasteiger partial charge on any atom is -0.387 e. The lowest BCUT2D eigenvalue weighted by atomic mass is 10.0. The lowest BCUT2D eigenvalue weighted by Crippen LogP contribution is -2.04. The molecule has 3 rings (SSSR count). The molecule has 0 radical (unpaired) electrons. The van der Waals surface area contributed by atoms with Crippen molar-refractivity contribution in [2.45, 2.75) is 19.8 Å². The number of nitrogens with one attached hydrogen (secondary N) is 2. The molecule has 0 saturated heterocycles. The van der Waals surface area contributed by atoms with Gasteiger partial charge in [-0.3, -0.25) is 0 Å². The van der Waals surface area contributed by atoms with Gasteiger partial charge < -0.3 is 20.0 Å².